The fourth-order valence-corrected chi connectivity index (χ4v) is 2.46. The molecule has 3 heteroatoms. The van der Waals surface area contributed by atoms with Crippen molar-refractivity contribution in [2.24, 2.45) is 0 Å². The SMILES string of the molecule is CC(C)(C)c1cnc(-c2ccccc2N)s1. The summed E-state index contributed by atoms with van der Waals surface area (Å²) in [5.41, 5.74) is 7.91. The number of aromatic nitrogens is 1. The van der Waals surface area contributed by atoms with E-state index in [0.29, 0.717) is 0 Å². The molecule has 0 spiro atoms. The third-order valence-electron chi connectivity index (χ3n) is 2.44. The average molecular weight is 232 g/mol. The van der Waals surface area contributed by atoms with Crippen LogP contribution in [-0.2, 0) is 5.41 Å². The molecule has 0 saturated heterocycles. The zero-order valence-electron chi connectivity index (χ0n) is 9.82. The Bertz CT molecular complexity index is 495. The van der Waals surface area contributed by atoms with Gasteiger partial charge in [-0.25, -0.2) is 4.98 Å². The first-order chi connectivity index (χ1) is 7.48. The first-order valence-electron chi connectivity index (χ1n) is 5.29. The molecular weight excluding hydrogens is 216 g/mol. The summed E-state index contributed by atoms with van der Waals surface area (Å²) < 4.78 is 0. The van der Waals surface area contributed by atoms with Crippen LogP contribution in [0.4, 0.5) is 5.69 Å². The summed E-state index contributed by atoms with van der Waals surface area (Å²) in [5.74, 6) is 0. The second kappa shape index (κ2) is 3.91. The number of thiazole rings is 1. The fraction of sp³-hybridized carbons (Fsp3) is 0.308. The van der Waals surface area contributed by atoms with Gasteiger partial charge in [0.05, 0.1) is 0 Å². The fourth-order valence-electron chi connectivity index (χ4n) is 1.44. The molecule has 0 amide bonds. The van der Waals surface area contributed by atoms with Crippen LogP contribution in [0.2, 0.25) is 0 Å². The highest BCUT2D eigenvalue weighted by Gasteiger charge is 2.18. The molecule has 0 aliphatic heterocycles. The van der Waals surface area contributed by atoms with E-state index in [0.717, 1.165) is 16.3 Å². The van der Waals surface area contributed by atoms with Crippen LogP contribution in [0.5, 0.6) is 0 Å². The highest BCUT2D eigenvalue weighted by atomic mass is 32.1. The lowest BCUT2D eigenvalue weighted by Gasteiger charge is -2.14. The van der Waals surface area contributed by atoms with E-state index in [1.165, 1.54) is 4.88 Å². The van der Waals surface area contributed by atoms with Gasteiger partial charge < -0.3 is 5.73 Å². The van der Waals surface area contributed by atoms with Crippen LogP contribution in [0.3, 0.4) is 0 Å². The van der Waals surface area contributed by atoms with Crippen molar-refractivity contribution in [2.45, 2.75) is 26.2 Å². The van der Waals surface area contributed by atoms with Gasteiger partial charge in [0.25, 0.3) is 0 Å². The molecule has 0 aliphatic carbocycles. The number of nitrogen functional groups attached to an aromatic ring is 1. The molecule has 16 heavy (non-hydrogen) atoms. The average Bonchev–Trinajstić information content (AvgIpc) is 2.66. The van der Waals surface area contributed by atoms with Crippen molar-refractivity contribution in [1.29, 1.82) is 0 Å². The monoisotopic (exact) mass is 232 g/mol. The molecule has 0 saturated carbocycles. The number of nitrogens with zero attached hydrogens (tertiary/aromatic N) is 1. The topological polar surface area (TPSA) is 38.9 Å². The lowest BCUT2D eigenvalue weighted by Crippen LogP contribution is -2.07. The molecule has 1 aromatic carbocycles. The Morgan fingerprint density at radius 1 is 1.19 bits per heavy atom. The molecule has 84 valence electrons. The highest BCUT2D eigenvalue weighted by Crippen LogP contribution is 2.34. The van der Waals surface area contributed by atoms with E-state index in [-0.39, 0.29) is 5.41 Å². The van der Waals surface area contributed by atoms with E-state index in [2.05, 4.69) is 25.8 Å². The molecule has 1 heterocycles. The van der Waals surface area contributed by atoms with Gasteiger partial charge in [0.1, 0.15) is 5.01 Å². The Balaban J connectivity index is 2.44. The van der Waals surface area contributed by atoms with E-state index in [9.17, 15) is 0 Å². The minimum Gasteiger partial charge on any atom is -0.398 e. The van der Waals surface area contributed by atoms with E-state index in [1.807, 2.05) is 30.5 Å². The molecular formula is C13H16N2S. The Kier molecular flexibility index (Phi) is 2.72. The van der Waals surface area contributed by atoms with Gasteiger partial charge in [0.2, 0.25) is 0 Å². The van der Waals surface area contributed by atoms with Crippen LogP contribution in [0.1, 0.15) is 25.6 Å². The molecule has 2 rings (SSSR count). The van der Waals surface area contributed by atoms with Gasteiger partial charge in [-0.3, -0.25) is 0 Å². The Labute approximate surface area is 100 Å². The smallest absolute Gasteiger partial charge is 0.125 e. The first-order valence-corrected chi connectivity index (χ1v) is 6.11. The van der Waals surface area contributed by atoms with Gasteiger partial charge in [0, 0.05) is 22.3 Å². The lowest BCUT2D eigenvalue weighted by molar-refractivity contribution is 0.602. The van der Waals surface area contributed by atoms with Crippen molar-refractivity contribution in [3.63, 3.8) is 0 Å². The summed E-state index contributed by atoms with van der Waals surface area (Å²) in [6, 6.07) is 7.86. The number of benzene rings is 1. The zero-order valence-corrected chi connectivity index (χ0v) is 10.6. The molecule has 2 aromatic rings. The number of para-hydroxylation sites is 1. The van der Waals surface area contributed by atoms with Crippen LogP contribution in [0.25, 0.3) is 10.6 Å². The molecule has 2 N–H and O–H groups in total. The van der Waals surface area contributed by atoms with Crippen LogP contribution in [0, 0.1) is 0 Å². The third kappa shape index (κ3) is 2.09. The van der Waals surface area contributed by atoms with Gasteiger partial charge in [0.15, 0.2) is 0 Å². The van der Waals surface area contributed by atoms with Crippen LogP contribution in [-0.4, -0.2) is 4.98 Å². The number of hydrogen-bond acceptors (Lipinski definition) is 3. The Morgan fingerprint density at radius 2 is 1.88 bits per heavy atom. The van der Waals surface area contributed by atoms with Crippen LogP contribution < -0.4 is 5.73 Å². The first kappa shape index (κ1) is 11.1. The molecule has 0 unspecified atom stereocenters. The molecule has 1 aromatic heterocycles. The summed E-state index contributed by atoms with van der Waals surface area (Å²) in [6.45, 7) is 6.58. The molecule has 0 radical (unpaired) electrons. The van der Waals surface area contributed by atoms with Gasteiger partial charge in [-0.1, -0.05) is 32.9 Å². The predicted molar refractivity (Wildman–Crippen MR) is 70.7 cm³/mol. The van der Waals surface area contributed by atoms with E-state index in [1.54, 1.807) is 11.3 Å². The van der Waals surface area contributed by atoms with Crippen molar-refractivity contribution in [1.82, 2.24) is 4.98 Å². The molecule has 0 bridgehead atoms. The maximum Gasteiger partial charge on any atom is 0.125 e. The quantitative estimate of drug-likeness (QED) is 0.762. The standard InChI is InChI=1S/C13H16N2S/c1-13(2,3)11-8-15-12(16-11)9-6-4-5-7-10(9)14/h4-8H,14H2,1-3H3. The zero-order chi connectivity index (χ0) is 11.8. The van der Waals surface area contributed by atoms with Gasteiger partial charge in [-0.2, -0.15) is 0 Å². The largest absolute Gasteiger partial charge is 0.398 e. The highest BCUT2D eigenvalue weighted by molar-refractivity contribution is 7.15. The van der Waals surface area contributed by atoms with Crippen molar-refractivity contribution in [3.05, 3.63) is 35.3 Å². The van der Waals surface area contributed by atoms with Crippen LogP contribution in [0.15, 0.2) is 30.5 Å². The summed E-state index contributed by atoms with van der Waals surface area (Å²) in [5, 5.41) is 1.00. The Morgan fingerprint density at radius 3 is 2.44 bits per heavy atom. The summed E-state index contributed by atoms with van der Waals surface area (Å²) in [7, 11) is 0. The summed E-state index contributed by atoms with van der Waals surface area (Å²) >= 11 is 1.72. The lowest BCUT2D eigenvalue weighted by atomic mass is 9.96. The number of hydrogen-bond donors (Lipinski definition) is 1. The van der Waals surface area contributed by atoms with Gasteiger partial charge in [-0.05, 0) is 17.5 Å². The van der Waals surface area contributed by atoms with E-state index >= 15 is 0 Å². The van der Waals surface area contributed by atoms with Crippen molar-refractivity contribution < 1.29 is 0 Å². The molecule has 0 fully saturated rings. The van der Waals surface area contributed by atoms with E-state index < -0.39 is 0 Å². The van der Waals surface area contributed by atoms with Crippen molar-refractivity contribution in [3.8, 4) is 10.6 Å². The number of nitrogens with two attached hydrogens (primary N) is 1. The van der Waals surface area contributed by atoms with Crippen molar-refractivity contribution >= 4 is 17.0 Å². The Hall–Kier alpha value is -1.35. The van der Waals surface area contributed by atoms with Crippen molar-refractivity contribution in [2.75, 3.05) is 5.73 Å². The number of anilines is 1. The predicted octanol–water partition coefficient (Wildman–Crippen LogP) is 3.69. The van der Waals surface area contributed by atoms with Gasteiger partial charge in [-0.15, -0.1) is 11.3 Å². The molecule has 0 atom stereocenters. The minimum absolute atomic E-state index is 0.152. The maximum atomic E-state index is 5.94. The normalized spacial score (nSPS) is 11.7. The molecule has 2 nitrogen and oxygen atoms in total. The summed E-state index contributed by atoms with van der Waals surface area (Å²) in [4.78, 5) is 5.74. The second-order valence-electron chi connectivity index (χ2n) is 4.87. The van der Waals surface area contributed by atoms with Crippen LogP contribution >= 0.6 is 11.3 Å². The second-order valence-corrected chi connectivity index (χ2v) is 5.90. The van der Waals surface area contributed by atoms with Gasteiger partial charge >= 0.3 is 0 Å². The summed E-state index contributed by atoms with van der Waals surface area (Å²) in [6.07, 6.45) is 1.95. The third-order valence-corrected chi connectivity index (χ3v) is 3.89. The van der Waals surface area contributed by atoms with E-state index in [4.69, 9.17) is 5.73 Å². The molecule has 0 aliphatic rings. The number of rotatable bonds is 1. The maximum absolute atomic E-state index is 5.94. The minimum atomic E-state index is 0.152.